The second kappa shape index (κ2) is 10.0. The van der Waals surface area contributed by atoms with E-state index in [0.717, 1.165) is 29.3 Å². The molecular formula is C24H24F2N2O3S. The molecule has 3 rings (SSSR count). The zero-order valence-electron chi connectivity index (χ0n) is 17.8. The molecule has 3 aromatic carbocycles. The third kappa shape index (κ3) is 5.38. The molecule has 0 heterocycles. The van der Waals surface area contributed by atoms with E-state index in [-0.39, 0.29) is 17.0 Å². The third-order valence-corrected chi connectivity index (χ3v) is 6.51. The van der Waals surface area contributed by atoms with Crippen molar-refractivity contribution in [1.29, 1.82) is 0 Å². The summed E-state index contributed by atoms with van der Waals surface area (Å²) >= 11 is 0. The van der Waals surface area contributed by atoms with E-state index in [1.807, 2.05) is 32.0 Å². The molecule has 0 radical (unpaired) electrons. The van der Waals surface area contributed by atoms with E-state index in [4.69, 9.17) is 0 Å². The summed E-state index contributed by atoms with van der Waals surface area (Å²) in [5.41, 5.74) is 2.61. The summed E-state index contributed by atoms with van der Waals surface area (Å²) in [6.07, 6.45) is 1.35. The van der Waals surface area contributed by atoms with Gasteiger partial charge >= 0.3 is 0 Å². The predicted octanol–water partition coefficient (Wildman–Crippen LogP) is 4.82. The molecule has 8 heteroatoms. The molecule has 0 aromatic heterocycles. The van der Waals surface area contributed by atoms with E-state index < -0.39 is 27.6 Å². The molecular weight excluding hydrogens is 434 g/mol. The van der Waals surface area contributed by atoms with Gasteiger partial charge in [-0.1, -0.05) is 44.2 Å². The number of hydrogen-bond acceptors (Lipinski definition) is 3. The number of hydrogen-bond donors (Lipinski definition) is 2. The number of aryl methyl sites for hydroxylation is 2. The first kappa shape index (κ1) is 23.6. The molecule has 0 aliphatic carbocycles. The van der Waals surface area contributed by atoms with E-state index in [2.05, 4.69) is 10.0 Å². The van der Waals surface area contributed by atoms with Crippen molar-refractivity contribution in [2.75, 3.05) is 5.32 Å². The fourth-order valence-electron chi connectivity index (χ4n) is 3.29. The summed E-state index contributed by atoms with van der Waals surface area (Å²) in [5.74, 6) is -1.98. The summed E-state index contributed by atoms with van der Waals surface area (Å²) in [6, 6.07) is 14.1. The van der Waals surface area contributed by atoms with Gasteiger partial charge in [0, 0.05) is 12.2 Å². The maximum atomic E-state index is 14.5. The lowest BCUT2D eigenvalue weighted by atomic mass is 10.0. The molecule has 0 spiro atoms. The van der Waals surface area contributed by atoms with Gasteiger partial charge in [-0.2, -0.15) is 0 Å². The fraction of sp³-hybridized carbons (Fsp3) is 0.208. The molecule has 2 N–H and O–H groups in total. The van der Waals surface area contributed by atoms with Crippen molar-refractivity contribution >= 4 is 21.6 Å². The summed E-state index contributed by atoms with van der Waals surface area (Å²) in [6.45, 7) is 3.82. The molecule has 0 fully saturated rings. The van der Waals surface area contributed by atoms with Crippen LogP contribution in [0.4, 0.5) is 14.5 Å². The van der Waals surface area contributed by atoms with Crippen LogP contribution in [0.2, 0.25) is 0 Å². The highest BCUT2D eigenvalue weighted by Crippen LogP contribution is 2.24. The molecule has 0 atom stereocenters. The van der Waals surface area contributed by atoms with Crippen molar-refractivity contribution in [2.45, 2.75) is 38.1 Å². The van der Waals surface area contributed by atoms with Crippen molar-refractivity contribution in [3.8, 4) is 0 Å². The normalized spacial score (nSPS) is 11.4. The molecule has 32 heavy (non-hydrogen) atoms. The van der Waals surface area contributed by atoms with Crippen molar-refractivity contribution in [2.24, 2.45) is 0 Å². The Balaban J connectivity index is 1.85. The molecule has 168 valence electrons. The van der Waals surface area contributed by atoms with Crippen LogP contribution in [-0.2, 0) is 29.4 Å². The Labute approximate surface area is 186 Å². The zero-order valence-corrected chi connectivity index (χ0v) is 18.6. The summed E-state index contributed by atoms with van der Waals surface area (Å²) in [4.78, 5) is 12.6. The van der Waals surface area contributed by atoms with Crippen LogP contribution in [0.3, 0.4) is 0 Å². The van der Waals surface area contributed by atoms with Gasteiger partial charge in [-0.25, -0.2) is 21.9 Å². The molecule has 0 aliphatic heterocycles. The molecule has 0 aliphatic rings. The van der Waals surface area contributed by atoms with Crippen LogP contribution in [0.15, 0.2) is 65.6 Å². The average Bonchev–Trinajstić information content (AvgIpc) is 2.79. The van der Waals surface area contributed by atoms with E-state index in [9.17, 15) is 22.0 Å². The number of nitrogens with one attached hydrogen (secondary N) is 2. The van der Waals surface area contributed by atoms with Gasteiger partial charge in [0.25, 0.3) is 5.91 Å². The van der Waals surface area contributed by atoms with Gasteiger partial charge in [-0.05, 0) is 59.9 Å². The largest absolute Gasteiger partial charge is 0.321 e. The quantitative estimate of drug-likeness (QED) is 0.508. The molecule has 0 bridgehead atoms. The Bertz CT molecular complexity index is 1200. The predicted molar refractivity (Wildman–Crippen MR) is 120 cm³/mol. The second-order valence-corrected chi connectivity index (χ2v) is 8.97. The van der Waals surface area contributed by atoms with Gasteiger partial charge in [0.1, 0.15) is 11.6 Å². The first-order valence-electron chi connectivity index (χ1n) is 10.2. The Morgan fingerprint density at radius 3 is 2.12 bits per heavy atom. The Hall–Kier alpha value is -3.10. The van der Waals surface area contributed by atoms with Crippen molar-refractivity contribution in [1.82, 2.24) is 4.72 Å². The topological polar surface area (TPSA) is 75.3 Å². The third-order valence-electron chi connectivity index (χ3n) is 5.11. The van der Waals surface area contributed by atoms with Crippen LogP contribution in [-0.4, -0.2) is 14.3 Å². The lowest BCUT2D eigenvalue weighted by Crippen LogP contribution is -2.24. The maximum Gasteiger partial charge on any atom is 0.258 e. The molecule has 1 amide bonds. The first-order valence-corrected chi connectivity index (χ1v) is 11.7. The zero-order chi connectivity index (χ0) is 23.3. The number of anilines is 1. The molecule has 5 nitrogen and oxygen atoms in total. The van der Waals surface area contributed by atoms with Gasteiger partial charge in [0.2, 0.25) is 10.0 Å². The van der Waals surface area contributed by atoms with Gasteiger partial charge in [0.15, 0.2) is 0 Å². The highest BCUT2D eigenvalue weighted by Gasteiger charge is 2.21. The minimum absolute atomic E-state index is 0.0781. The number of benzene rings is 3. The van der Waals surface area contributed by atoms with Gasteiger partial charge in [-0.15, -0.1) is 0 Å². The standard InChI is InChI=1S/C24H24F2N2O3S/c1-3-17-6-5-7-18(4-2)23(17)28-24(29)21-14-20(12-13-22(21)26)32(30,31)27-15-16-8-10-19(25)11-9-16/h5-14,27H,3-4,15H2,1-2H3,(H,28,29). The van der Waals surface area contributed by atoms with Gasteiger partial charge < -0.3 is 5.32 Å². The van der Waals surface area contributed by atoms with Crippen LogP contribution in [0.25, 0.3) is 0 Å². The van der Waals surface area contributed by atoms with E-state index in [1.54, 1.807) is 0 Å². The number of amides is 1. The van der Waals surface area contributed by atoms with Gasteiger partial charge in [0.05, 0.1) is 10.5 Å². The molecule has 0 unspecified atom stereocenters. The van der Waals surface area contributed by atoms with Crippen LogP contribution in [0.5, 0.6) is 0 Å². The number of sulfonamides is 1. The SMILES string of the molecule is CCc1cccc(CC)c1NC(=O)c1cc(S(=O)(=O)NCc2ccc(F)cc2)ccc1F. The average molecular weight is 459 g/mol. The molecule has 3 aromatic rings. The van der Waals surface area contributed by atoms with Crippen molar-refractivity contribution in [3.63, 3.8) is 0 Å². The molecule has 0 saturated carbocycles. The van der Waals surface area contributed by atoms with E-state index >= 15 is 0 Å². The van der Waals surface area contributed by atoms with E-state index in [0.29, 0.717) is 24.1 Å². The number of carbonyl (C=O) groups excluding carboxylic acids is 1. The van der Waals surface area contributed by atoms with Crippen LogP contribution < -0.4 is 10.0 Å². The maximum absolute atomic E-state index is 14.5. The Morgan fingerprint density at radius 2 is 1.53 bits per heavy atom. The Morgan fingerprint density at radius 1 is 0.906 bits per heavy atom. The van der Waals surface area contributed by atoms with Crippen molar-refractivity contribution in [3.05, 3.63) is 94.6 Å². The van der Waals surface area contributed by atoms with Crippen LogP contribution in [0, 0.1) is 11.6 Å². The highest BCUT2D eigenvalue weighted by molar-refractivity contribution is 7.89. The summed E-state index contributed by atoms with van der Waals surface area (Å²) in [7, 11) is -4.03. The van der Waals surface area contributed by atoms with Crippen molar-refractivity contribution < 1.29 is 22.0 Å². The van der Waals surface area contributed by atoms with Crippen LogP contribution in [0.1, 0.15) is 40.9 Å². The lowest BCUT2D eigenvalue weighted by molar-refractivity contribution is 0.102. The molecule has 0 saturated heterocycles. The number of rotatable bonds is 8. The number of carbonyl (C=O) groups is 1. The van der Waals surface area contributed by atoms with Crippen LogP contribution >= 0.6 is 0 Å². The highest BCUT2D eigenvalue weighted by atomic mass is 32.2. The lowest BCUT2D eigenvalue weighted by Gasteiger charge is -2.15. The Kier molecular flexibility index (Phi) is 7.37. The first-order chi connectivity index (χ1) is 15.2. The number of para-hydroxylation sites is 1. The monoisotopic (exact) mass is 458 g/mol. The summed E-state index contributed by atoms with van der Waals surface area (Å²) in [5, 5.41) is 2.75. The fourth-order valence-corrected chi connectivity index (χ4v) is 4.34. The summed E-state index contributed by atoms with van der Waals surface area (Å²) < 4.78 is 55.2. The minimum atomic E-state index is -4.03. The second-order valence-electron chi connectivity index (χ2n) is 7.21. The minimum Gasteiger partial charge on any atom is -0.321 e. The van der Waals surface area contributed by atoms with Gasteiger partial charge in [-0.3, -0.25) is 4.79 Å². The number of halogens is 2. The smallest absolute Gasteiger partial charge is 0.258 e. The van der Waals surface area contributed by atoms with E-state index in [1.165, 1.54) is 24.3 Å².